The van der Waals surface area contributed by atoms with Gasteiger partial charge in [0.1, 0.15) is 16.4 Å². The van der Waals surface area contributed by atoms with E-state index in [1.165, 1.54) is 11.8 Å². The smallest absolute Gasteiger partial charge is 0.340 e. The average molecular weight is 262 g/mol. The van der Waals surface area contributed by atoms with Crippen LogP contribution in [0.3, 0.4) is 0 Å². The molecule has 1 rings (SSSR count). The van der Waals surface area contributed by atoms with Crippen LogP contribution in [0, 0.1) is 0 Å². The maximum Gasteiger partial charge on any atom is 0.340 e. The third kappa shape index (κ3) is 3.42. The van der Waals surface area contributed by atoms with Gasteiger partial charge in [-0.3, -0.25) is 4.68 Å². The predicted molar refractivity (Wildman–Crippen MR) is 63.5 cm³/mol. The minimum Gasteiger partial charge on any atom is -0.478 e. The molecule has 0 fully saturated rings. The van der Waals surface area contributed by atoms with Gasteiger partial charge in [-0.25, -0.2) is 4.79 Å². The lowest BCUT2D eigenvalue weighted by Gasteiger charge is -2.09. The molecule has 1 heterocycles. The molecule has 96 valence electrons. The van der Waals surface area contributed by atoms with Crippen molar-refractivity contribution >= 4 is 17.6 Å². The van der Waals surface area contributed by atoms with Gasteiger partial charge in [0.2, 0.25) is 0 Å². The molecule has 0 amide bonds. The number of carboxylic acid groups (broad SMARTS) is 1. The summed E-state index contributed by atoms with van der Waals surface area (Å²) in [5.74, 6) is -1.09. The van der Waals surface area contributed by atoms with Gasteiger partial charge >= 0.3 is 5.97 Å². The highest BCUT2D eigenvalue weighted by Crippen LogP contribution is 2.20. The van der Waals surface area contributed by atoms with Gasteiger partial charge in [0.05, 0.1) is 13.2 Å². The Labute approximate surface area is 105 Å². The standard InChI is InChI=1S/C10H16ClN3O3/c1-13(2)4-5-14-9(11)8(10(15)16)7(12-14)6-17-3/h4-6H2,1-3H3,(H,15,16). The molecule has 0 radical (unpaired) electrons. The van der Waals surface area contributed by atoms with Crippen LogP contribution in [-0.2, 0) is 17.9 Å². The van der Waals surface area contributed by atoms with E-state index in [1.807, 2.05) is 19.0 Å². The maximum atomic E-state index is 11.1. The van der Waals surface area contributed by atoms with Crippen LogP contribution < -0.4 is 0 Å². The normalized spacial score (nSPS) is 11.1. The van der Waals surface area contributed by atoms with Gasteiger partial charge in [-0.05, 0) is 14.1 Å². The summed E-state index contributed by atoms with van der Waals surface area (Å²) in [5.41, 5.74) is 0.371. The van der Waals surface area contributed by atoms with Gasteiger partial charge in [0.25, 0.3) is 0 Å². The molecule has 0 aromatic carbocycles. The van der Waals surface area contributed by atoms with Crippen LogP contribution in [0.2, 0.25) is 5.15 Å². The lowest BCUT2D eigenvalue weighted by Crippen LogP contribution is -2.19. The molecule has 0 unspecified atom stereocenters. The second-order valence-corrected chi connectivity index (χ2v) is 4.24. The van der Waals surface area contributed by atoms with E-state index in [0.29, 0.717) is 12.2 Å². The summed E-state index contributed by atoms with van der Waals surface area (Å²) in [6.07, 6.45) is 0. The van der Waals surface area contributed by atoms with E-state index in [9.17, 15) is 4.79 Å². The molecule has 6 nitrogen and oxygen atoms in total. The second kappa shape index (κ2) is 6.00. The van der Waals surface area contributed by atoms with Crippen molar-refractivity contribution < 1.29 is 14.6 Å². The molecule has 0 aliphatic rings. The molecular formula is C10H16ClN3O3. The number of likely N-dealkylation sites (N-methyl/N-ethyl adjacent to an activating group) is 1. The molecule has 7 heteroatoms. The van der Waals surface area contributed by atoms with Gasteiger partial charge in [-0.2, -0.15) is 5.10 Å². The van der Waals surface area contributed by atoms with Crippen molar-refractivity contribution in [2.75, 3.05) is 27.7 Å². The Morgan fingerprint density at radius 3 is 2.71 bits per heavy atom. The Bertz CT molecular complexity index is 404. The summed E-state index contributed by atoms with van der Waals surface area (Å²) >= 11 is 5.99. The maximum absolute atomic E-state index is 11.1. The van der Waals surface area contributed by atoms with Crippen molar-refractivity contribution in [3.63, 3.8) is 0 Å². The van der Waals surface area contributed by atoms with Crippen LogP contribution in [0.25, 0.3) is 0 Å². The molecule has 17 heavy (non-hydrogen) atoms. The Balaban J connectivity index is 2.99. The van der Waals surface area contributed by atoms with E-state index in [-0.39, 0.29) is 17.3 Å². The first kappa shape index (κ1) is 14.0. The number of aromatic nitrogens is 2. The second-order valence-electron chi connectivity index (χ2n) is 3.88. The van der Waals surface area contributed by atoms with Crippen molar-refractivity contribution in [3.8, 4) is 0 Å². The summed E-state index contributed by atoms with van der Waals surface area (Å²) < 4.78 is 6.39. The summed E-state index contributed by atoms with van der Waals surface area (Å²) in [5, 5.41) is 13.3. The summed E-state index contributed by atoms with van der Waals surface area (Å²) in [6, 6.07) is 0. The topological polar surface area (TPSA) is 67.6 Å². The highest BCUT2D eigenvalue weighted by atomic mass is 35.5. The Morgan fingerprint density at radius 1 is 1.59 bits per heavy atom. The molecule has 1 aromatic rings. The minimum absolute atomic E-state index is 0.0206. The molecule has 1 aromatic heterocycles. The highest BCUT2D eigenvalue weighted by Gasteiger charge is 2.21. The number of ether oxygens (including phenoxy) is 1. The molecule has 0 saturated heterocycles. The Kier molecular flexibility index (Phi) is 4.92. The van der Waals surface area contributed by atoms with Gasteiger partial charge in [-0.1, -0.05) is 11.6 Å². The summed E-state index contributed by atoms with van der Waals surface area (Å²) in [6.45, 7) is 1.40. The largest absolute Gasteiger partial charge is 0.478 e. The first-order chi connectivity index (χ1) is 7.97. The average Bonchev–Trinajstić information content (AvgIpc) is 2.52. The SMILES string of the molecule is COCc1nn(CCN(C)C)c(Cl)c1C(=O)O. The van der Waals surface area contributed by atoms with E-state index in [0.717, 1.165) is 6.54 Å². The van der Waals surface area contributed by atoms with E-state index >= 15 is 0 Å². The van der Waals surface area contributed by atoms with E-state index in [1.54, 1.807) is 0 Å². The molecule has 0 saturated carbocycles. The molecular weight excluding hydrogens is 246 g/mol. The zero-order valence-electron chi connectivity index (χ0n) is 10.1. The lowest BCUT2D eigenvalue weighted by molar-refractivity contribution is 0.0692. The number of hydrogen-bond donors (Lipinski definition) is 1. The van der Waals surface area contributed by atoms with Crippen LogP contribution in [0.5, 0.6) is 0 Å². The molecule has 0 atom stereocenters. The van der Waals surface area contributed by atoms with Crippen LogP contribution in [0.1, 0.15) is 16.1 Å². The monoisotopic (exact) mass is 261 g/mol. The first-order valence-corrected chi connectivity index (χ1v) is 5.47. The molecule has 0 bridgehead atoms. The van der Waals surface area contributed by atoms with E-state index in [2.05, 4.69) is 5.10 Å². The van der Waals surface area contributed by atoms with E-state index in [4.69, 9.17) is 21.4 Å². The summed E-state index contributed by atoms with van der Waals surface area (Å²) in [4.78, 5) is 13.0. The van der Waals surface area contributed by atoms with Gasteiger partial charge in [0, 0.05) is 13.7 Å². The Hall–Kier alpha value is -1.11. The van der Waals surface area contributed by atoms with Crippen LogP contribution >= 0.6 is 11.6 Å². The van der Waals surface area contributed by atoms with E-state index < -0.39 is 5.97 Å². The zero-order valence-corrected chi connectivity index (χ0v) is 10.9. The molecule has 0 aliphatic carbocycles. The third-order valence-electron chi connectivity index (χ3n) is 2.22. The van der Waals surface area contributed by atoms with Crippen molar-refractivity contribution in [3.05, 3.63) is 16.4 Å². The fourth-order valence-electron chi connectivity index (χ4n) is 1.38. The third-order valence-corrected chi connectivity index (χ3v) is 2.60. The fourth-order valence-corrected chi connectivity index (χ4v) is 1.69. The molecule has 1 N–H and O–H groups in total. The predicted octanol–water partition coefficient (Wildman–Crippen LogP) is 0.943. The molecule has 0 aliphatic heterocycles. The number of hydrogen-bond acceptors (Lipinski definition) is 4. The van der Waals surface area contributed by atoms with Crippen molar-refractivity contribution in [1.82, 2.24) is 14.7 Å². The van der Waals surface area contributed by atoms with Gasteiger partial charge in [0.15, 0.2) is 0 Å². The van der Waals surface area contributed by atoms with Crippen LogP contribution in [0.15, 0.2) is 0 Å². The zero-order chi connectivity index (χ0) is 13.0. The van der Waals surface area contributed by atoms with Crippen molar-refractivity contribution in [1.29, 1.82) is 0 Å². The van der Waals surface area contributed by atoms with Gasteiger partial charge < -0.3 is 14.7 Å². The van der Waals surface area contributed by atoms with Gasteiger partial charge in [-0.15, -0.1) is 0 Å². The highest BCUT2D eigenvalue weighted by molar-refractivity contribution is 6.32. The number of carboxylic acids is 1. The van der Waals surface area contributed by atoms with Crippen LogP contribution in [0.4, 0.5) is 0 Å². The number of halogens is 1. The summed E-state index contributed by atoms with van der Waals surface area (Å²) in [7, 11) is 5.33. The number of methoxy groups -OCH3 is 1. The number of nitrogens with zero attached hydrogens (tertiary/aromatic N) is 3. The van der Waals surface area contributed by atoms with Crippen LogP contribution in [-0.4, -0.2) is 53.5 Å². The number of aromatic carboxylic acids is 1. The number of rotatable bonds is 6. The minimum atomic E-state index is -1.09. The quantitative estimate of drug-likeness (QED) is 0.826. The Morgan fingerprint density at radius 2 is 2.24 bits per heavy atom. The molecule has 0 spiro atoms. The van der Waals surface area contributed by atoms with Crippen molar-refractivity contribution in [2.45, 2.75) is 13.2 Å². The first-order valence-electron chi connectivity index (χ1n) is 5.09. The fraction of sp³-hybridized carbons (Fsp3) is 0.600. The lowest BCUT2D eigenvalue weighted by atomic mass is 10.2. The number of carbonyl (C=O) groups is 1. The van der Waals surface area contributed by atoms with Crippen molar-refractivity contribution in [2.24, 2.45) is 0 Å².